The van der Waals surface area contributed by atoms with Crippen LogP contribution in [-0.2, 0) is 11.5 Å². The molecule has 2 N–H and O–H groups in total. The van der Waals surface area contributed by atoms with Crippen LogP contribution >= 0.6 is 69.9 Å². The first-order valence-corrected chi connectivity index (χ1v) is 13.5. The molecular formula is C22H24Cl4O2S2. The first-order valence-electron chi connectivity index (χ1n) is 9.92. The van der Waals surface area contributed by atoms with Crippen LogP contribution in [0.1, 0.15) is 49.7 Å². The molecule has 2 nitrogen and oxygen atoms in total. The highest BCUT2D eigenvalue weighted by Crippen LogP contribution is 2.41. The highest BCUT2D eigenvalue weighted by molar-refractivity contribution is 8.03. The average Bonchev–Trinajstić information content (AvgIpc) is 2.67. The molecule has 8 heteroatoms. The van der Waals surface area contributed by atoms with E-state index in [4.69, 9.17) is 46.4 Å². The highest BCUT2D eigenvalue weighted by Gasteiger charge is 2.25. The molecule has 0 saturated heterocycles. The van der Waals surface area contributed by atoms with Crippen LogP contribution in [0, 0.1) is 0 Å². The molecule has 0 aliphatic heterocycles. The molecule has 2 aromatic carbocycles. The van der Waals surface area contributed by atoms with Crippen LogP contribution < -0.4 is 0 Å². The molecule has 1 aliphatic rings. The quantitative estimate of drug-likeness (QED) is 0.394. The van der Waals surface area contributed by atoms with E-state index < -0.39 is 0 Å². The van der Waals surface area contributed by atoms with Crippen molar-refractivity contribution in [2.75, 3.05) is 0 Å². The van der Waals surface area contributed by atoms with E-state index in [9.17, 15) is 10.2 Å². The summed E-state index contributed by atoms with van der Waals surface area (Å²) in [6.07, 6.45) is 7.16. The summed E-state index contributed by atoms with van der Waals surface area (Å²) in [5.41, 5.74) is 1.53. The third kappa shape index (κ3) is 6.70. The number of phenols is 2. The third-order valence-corrected chi connectivity index (χ3v) is 9.39. The standard InChI is InChI=1S/C22H24Cl4O2S2/c23-15-7-13(21(27)17(25)9-15)11-29-19-5-3-1-2-4-6-20(19)30-12-14-8-16(24)10-18(26)22(14)28/h7-10,19-20,27-28H,1-6,11-12H2. The second-order valence-electron chi connectivity index (χ2n) is 7.48. The van der Waals surface area contributed by atoms with Gasteiger partial charge in [-0.05, 0) is 37.1 Å². The van der Waals surface area contributed by atoms with Gasteiger partial charge in [-0.25, -0.2) is 0 Å². The molecular weight excluding hydrogens is 502 g/mol. The molecule has 2 aromatic rings. The summed E-state index contributed by atoms with van der Waals surface area (Å²) in [6, 6.07) is 6.69. The highest BCUT2D eigenvalue weighted by atomic mass is 35.5. The van der Waals surface area contributed by atoms with Crippen LogP contribution in [0.25, 0.3) is 0 Å². The van der Waals surface area contributed by atoms with Crippen molar-refractivity contribution in [1.29, 1.82) is 0 Å². The second kappa shape index (κ2) is 11.7. The lowest BCUT2D eigenvalue weighted by molar-refractivity contribution is 0.470. The van der Waals surface area contributed by atoms with E-state index in [0.717, 1.165) is 24.0 Å². The molecule has 164 valence electrons. The monoisotopic (exact) mass is 524 g/mol. The largest absolute Gasteiger partial charge is 0.506 e. The fraction of sp³-hybridized carbons (Fsp3) is 0.455. The minimum Gasteiger partial charge on any atom is -0.506 e. The van der Waals surface area contributed by atoms with E-state index in [1.165, 1.54) is 25.7 Å². The molecule has 2 atom stereocenters. The second-order valence-corrected chi connectivity index (χ2v) is 11.6. The molecule has 0 heterocycles. The van der Waals surface area contributed by atoms with Crippen molar-refractivity contribution in [1.82, 2.24) is 0 Å². The van der Waals surface area contributed by atoms with Crippen LogP contribution in [0.4, 0.5) is 0 Å². The van der Waals surface area contributed by atoms with Crippen LogP contribution in [0.2, 0.25) is 20.1 Å². The maximum Gasteiger partial charge on any atom is 0.138 e. The Labute approximate surface area is 206 Å². The predicted molar refractivity (Wildman–Crippen MR) is 134 cm³/mol. The van der Waals surface area contributed by atoms with Gasteiger partial charge >= 0.3 is 0 Å². The fourth-order valence-electron chi connectivity index (χ4n) is 3.65. The zero-order valence-electron chi connectivity index (χ0n) is 16.3. The van der Waals surface area contributed by atoms with Gasteiger partial charge in [0.05, 0.1) is 10.0 Å². The lowest BCUT2D eigenvalue weighted by Crippen LogP contribution is -2.22. The Kier molecular flexibility index (Phi) is 9.55. The molecule has 1 fully saturated rings. The van der Waals surface area contributed by atoms with E-state index in [2.05, 4.69) is 0 Å². The first kappa shape index (κ1) is 24.5. The molecule has 0 spiro atoms. The van der Waals surface area contributed by atoms with E-state index in [1.54, 1.807) is 24.3 Å². The average molecular weight is 526 g/mol. The first-order chi connectivity index (χ1) is 14.3. The Morgan fingerprint density at radius 2 is 1.07 bits per heavy atom. The number of hydrogen-bond acceptors (Lipinski definition) is 4. The minimum absolute atomic E-state index is 0.113. The summed E-state index contributed by atoms with van der Waals surface area (Å²) in [6.45, 7) is 0. The van der Waals surface area contributed by atoms with Crippen molar-refractivity contribution < 1.29 is 10.2 Å². The zero-order valence-corrected chi connectivity index (χ0v) is 21.0. The molecule has 3 rings (SSSR count). The number of halogens is 4. The summed E-state index contributed by atoms with van der Waals surface area (Å²) < 4.78 is 0. The SMILES string of the molecule is Oc1c(Cl)cc(Cl)cc1CSC1CCCCCCC1SCc1cc(Cl)cc(Cl)c1O. The van der Waals surface area contributed by atoms with E-state index in [-0.39, 0.29) is 21.5 Å². The van der Waals surface area contributed by atoms with Crippen molar-refractivity contribution in [2.24, 2.45) is 0 Å². The van der Waals surface area contributed by atoms with E-state index in [1.807, 2.05) is 23.5 Å². The van der Waals surface area contributed by atoms with Gasteiger partial charge < -0.3 is 10.2 Å². The predicted octanol–water partition coefficient (Wildman–Crippen LogP) is 8.97. The lowest BCUT2D eigenvalue weighted by Gasteiger charge is -2.29. The molecule has 0 radical (unpaired) electrons. The van der Waals surface area contributed by atoms with Gasteiger partial charge in [0.2, 0.25) is 0 Å². The Bertz CT molecular complexity index is 807. The van der Waals surface area contributed by atoms with Crippen molar-refractivity contribution in [3.05, 3.63) is 55.5 Å². The lowest BCUT2D eigenvalue weighted by atomic mass is 10.00. The topological polar surface area (TPSA) is 40.5 Å². The molecule has 0 aromatic heterocycles. The molecule has 2 unspecified atom stereocenters. The summed E-state index contributed by atoms with van der Waals surface area (Å²) in [7, 11) is 0. The molecule has 1 saturated carbocycles. The number of hydrogen-bond donors (Lipinski definition) is 2. The Balaban J connectivity index is 1.70. The van der Waals surface area contributed by atoms with Crippen molar-refractivity contribution in [2.45, 2.75) is 60.5 Å². The maximum atomic E-state index is 10.3. The number of benzene rings is 2. The summed E-state index contributed by atoms with van der Waals surface area (Å²) in [5, 5.41) is 23.1. The maximum absolute atomic E-state index is 10.3. The normalized spacial score (nSPS) is 20.0. The molecule has 0 amide bonds. The van der Waals surface area contributed by atoms with Gasteiger partial charge in [0, 0.05) is 43.2 Å². The van der Waals surface area contributed by atoms with Gasteiger partial charge in [-0.2, -0.15) is 23.5 Å². The fourth-order valence-corrected chi connectivity index (χ4v) is 7.79. The van der Waals surface area contributed by atoms with Gasteiger partial charge in [-0.1, -0.05) is 72.1 Å². The molecule has 1 aliphatic carbocycles. The third-order valence-electron chi connectivity index (χ3n) is 5.26. The molecule has 0 bridgehead atoms. The van der Waals surface area contributed by atoms with Gasteiger partial charge in [0.25, 0.3) is 0 Å². The van der Waals surface area contributed by atoms with Crippen LogP contribution in [0.15, 0.2) is 24.3 Å². The minimum atomic E-state index is 0.113. The molecule has 30 heavy (non-hydrogen) atoms. The van der Waals surface area contributed by atoms with Gasteiger partial charge in [-0.3, -0.25) is 0 Å². The van der Waals surface area contributed by atoms with E-state index >= 15 is 0 Å². The van der Waals surface area contributed by atoms with Crippen molar-refractivity contribution in [3.63, 3.8) is 0 Å². The van der Waals surface area contributed by atoms with Crippen LogP contribution in [0.3, 0.4) is 0 Å². The Hall–Kier alpha value is -0.100. The van der Waals surface area contributed by atoms with Gasteiger partial charge in [0.15, 0.2) is 0 Å². The number of thioether (sulfide) groups is 2. The zero-order chi connectivity index (χ0) is 21.7. The van der Waals surface area contributed by atoms with Gasteiger partial charge in [0.1, 0.15) is 11.5 Å². The van der Waals surface area contributed by atoms with Gasteiger partial charge in [-0.15, -0.1) is 0 Å². The smallest absolute Gasteiger partial charge is 0.138 e. The summed E-state index contributed by atoms with van der Waals surface area (Å²) in [4.78, 5) is 0. The Morgan fingerprint density at radius 1 is 0.667 bits per heavy atom. The van der Waals surface area contributed by atoms with Crippen molar-refractivity contribution >= 4 is 69.9 Å². The summed E-state index contributed by atoms with van der Waals surface area (Å²) >= 11 is 28.1. The van der Waals surface area contributed by atoms with Crippen LogP contribution in [0.5, 0.6) is 11.5 Å². The summed E-state index contributed by atoms with van der Waals surface area (Å²) in [5.74, 6) is 1.54. The van der Waals surface area contributed by atoms with Crippen LogP contribution in [-0.4, -0.2) is 20.7 Å². The number of phenolic OH excluding ortho intramolecular Hbond substituents is 2. The Morgan fingerprint density at radius 3 is 1.47 bits per heavy atom. The number of rotatable bonds is 6. The van der Waals surface area contributed by atoms with E-state index in [0.29, 0.717) is 32.1 Å². The number of aromatic hydroxyl groups is 2. The van der Waals surface area contributed by atoms with Crippen molar-refractivity contribution in [3.8, 4) is 11.5 Å².